The fourth-order valence-electron chi connectivity index (χ4n) is 2.41. The molecule has 0 bridgehead atoms. The summed E-state index contributed by atoms with van der Waals surface area (Å²) in [5, 5.41) is 5.42. The minimum Gasteiger partial charge on any atom is -0.497 e. The van der Waals surface area contributed by atoms with E-state index in [-0.39, 0.29) is 24.1 Å². The zero-order valence-corrected chi connectivity index (χ0v) is 14.8. The van der Waals surface area contributed by atoms with Gasteiger partial charge in [0.05, 0.1) is 7.11 Å². The SMILES string of the molecule is COc1ccc(CCNC(=O)CC(=O)NCCc2ccc(F)cc2)cc1. The number of hydrogen-bond acceptors (Lipinski definition) is 3. The van der Waals surface area contributed by atoms with Crippen LogP contribution in [0.15, 0.2) is 48.5 Å². The highest BCUT2D eigenvalue weighted by Gasteiger charge is 2.08. The molecular weight excluding hydrogens is 335 g/mol. The molecule has 138 valence electrons. The number of carbonyl (C=O) groups is 2. The van der Waals surface area contributed by atoms with Crippen molar-refractivity contribution < 1.29 is 18.7 Å². The Bertz CT molecular complexity index is 715. The molecule has 0 saturated carbocycles. The first-order valence-electron chi connectivity index (χ1n) is 8.47. The van der Waals surface area contributed by atoms with Crippen molar-refractivity contribution in [1.82, 2.24) is 10.6 Å². The lowest BCUT2D eigenvalue weighted by Gasteiger charge is -2.07. The van der Waals surface area contributed by atoms with Crippen LogP contribution in [-0.2, 0) is 22.4 Å². The van der Waals surface area contributed by atoms with Gasteiger partial charge in [-0.15, -0.1) is 0 Å². The number of methoxy groups -OCH3 is 1. The van der Waals surface area contributed by atoms with Gasteiger partial charge in [0.1, 0.15) is 18.0 Å². The predicted octanol–water partition coefficient (Wildman–Crippen LogP) is 2.24. The third kappa shape index (κ3) is 6.93. The van der Waals surface area contributed by atoms with E-state index in [0.717, 1.165) is 16.9 Å². The van der Waals surface area contributed by atoms with Gasteiger partial charge in [0.25, 0.3) is 0 Å². The maximum absolute atomic E-state index is 12.8. The fourth-order valence-corrected chi connectivity index (χ4v) is 2.41. The molecule has 6 heteroatoms. The molecule has 2 aromatic rings. The lowest BCUT2D eigenvalue weighted by Crippen LogP contribution is -2.33. The Balaban J connectivity index is 1.60. The first kappa shape index (κ1) is 19.4. The van der Waals surface area contributed by atoms with Crippen LogP contribution in [0.5, 0.6) is 5.75 Å². The van der Waals surface area contributed by atoms with Gasteiger partial charge in [-0.2, -0.15) is 0 Å². The minimum atomic E-state index is -0.325. The smallest absolute Gasteiger partial charge is 0.229 e. The van der Waals surface area contributed by atoms with Crippen molar-refractivity contribution in [3.05, 3.63) is 65.5 Å². The van der Waals surface area contributed by atoms with Crippen molar-refractivity contribution in [2.45, 2.75) is 19.3 Å². The quantitative estimate of drug-likeness (QED) is 0.676. The number of nitrogens with one attached hydrogen (secondary N) is 2. The van der Waals surface area contributed by atoms with Crippen LogP contribution in [0.25, 0.3) is 0 Å². The van der Waals surface area contributed by atoms with Gasteiger partial charge < -0.3 is 15.4 Å². The van der Waals surface area contributed by atoms with Crippen molar-refractivity contribution in [2.24, 2.45) is 0 Å². The van der Waals surface area contributed by atoms with Gasteiger partial charge >= 0.3 is 0 Å². The van der Waals surface area contributed by atoms with E-state index in [1.54, 1.807) is 19.2 Å². The molecule has 2 aromatic carbocycles. The lowest BCUT2D eigenvalue weighted by molar-refractivity contribution is -0.129. The zero-order chi connectivity index (χ0) is 18.8. The molecule has 0 unspecified atom stereocenters. The average molecular weight is 358 g/mol. The Morgan fingerprint density at radius 2 is 1.31 bits per heavy atom. The second-order valence-electron chi connectivity index (χ2n) is 5.85. The molecule has 0 spiro atoms. The number of hydrogen-bond donors (Lipinski definition) is 2. The number of ether oxygens (including phenoxy) is 1. The molecule has 0 saturated heterocycles. The fraction of sp³-hybridized carbons (Fsp3) is 0.300. The summed E-state index contributed by atoms with van der Waals surface area (Å²) in [6, 6.07) is 13.7. The highest BCUT2D eigenvalue weighted by atomic mass is 19.1. The molecule has 0 aromatic heterocycles. The molecule has 26 heavy (non-hydrogen) atoms. The van der Waals surface area contributed by atoms with E-state index in [0.29, 0.717) is 25.9 Å². The zero-order valence-electron chi connectivity index (χ0n) is 14.8. The second kappa shape index (κ2) is 10.2. The largest absolute Gasteiger partial charge is 0.497 e. The van der Waals surface area contributed by atoms with Crippen LogP contribution in [-0.4, -0.2) is 32.0 Å². The number of rotatable bonds is 9. The highest BCUT2D eigenvalue weighted by molar-refractivity contribution is 5.96. The molecule has 0 fully saturated rings. The van der Waals surface area contributed by atoms with Gasteiger partial charge in [-0.1, -0.05) is 24.3 Å². The van der Waals surface area contributed by atoms with Gasteiger partial charge in [-0.25, -0.2) is 4.39 Å². The summed E-state index contributed by atoms with van der Waals surface area (Å²) in [6.45, 7) is 0.873. The summed E-state index contributed by atoms with van der Waals surface area (Å²) in [4.78, 5) is 23.5. The van der Waals surface area contributed by atoms with Gasteiger partial charge in [-0.05, 0) is 48.2 Å². The standard InChI is InChI=1S/C20H23FN2O3/c1-26-18-8-4-16(5-9-18)11-13-23-20(25)14-19(24)22-12-10-15-2-6-17(21)7-3-15/h2-9H,10-14H2,1H3,(H,22,24)(H,23,25). The van der Waals surface area contributed by atoms with Gasteiger partial charge in [0, 0.05) is 13.1 Å². The molecule has 2 amide bonds. The van der Waals surface area contributed by atoms with E-state index in [9.17, 15) is 14.0 Å². The summed E-state index contributed by atoms with van der Waals surface area (Å²) in [6.07, 6.45) is 1.07. The van der Waals surface area contributed by atoms with Gasteiger partial charge in [-0.3, -0.25) is 9.59 Å². The van der Waals surface area contributed by atoms with Gasteiger partial charge in [0.15, 0.2) is 0 Å². The molecule has 0 aliphatic carbocycles. The maximum atomic E-state index is 12.8. The number of halogens is 1. The minimum absolute atomic E-state index is 0.202. The van der Waals surface area contributed by atoms with E-state index in [4.69, 9.17) is 4.74 Å². The molecule has 5 nitrogen and oxygen atoms in total. The average Bonchev–Trinajstić information content (AvgIpc) is 2.64. The molecule has 0 aliphatic heterocycles. The van der Waals surface area contributed by atoms with Crippen LogP contribution in [0, 0.1) is 5.82 Å². The Labute approximate surface area is 152 Å². The van der Waals surface area contributed by atoms with Crippen LogP contribution in [0.1, 0.15) is 17.5 Å². The number of benzene rings is 2. The molecular formula is C20H23FN2O3. The molecule has 2 N–H and O–H groups in total. The summed E-state index contributed by atoms with van der Waals surface area (Å²) < 4.78 is 17.9. The summed E-state index contributed by atoms with van der Waals surface area (Å²) in [7, 11) is 1.61. The van der Waals surface area contributed by atoms with Crippen LogP contribution in [0.3, 0.4) is 0 Å². The highest BCUT2D eigenvalue weighted by Crippen LogP contribution is 2.11. The molecule has 2 rings (SSSR count). The third-order valence-corrected chi connectivity index (χ3v) is 3.87. The molecule has 0 atom stereocenters. The van der Waals surface area contributed by atoms with Crippen molar-refractivity contribution in [3.63, 3.8) is 0 Å². The summed E-state index contributed by atoms with van der Waals surface area (Å²) in [5.74, 6) is -0.133. The van der Waals surface area contributed by atoms with E-state index >= 15 is 0 Å². The normalized spacial score (nSPS) is 10.2. The summed E-state index contributed by atoms with van der Waals surface area (Å²) >= 11 is 0. The number of carbonyl (C=O) groups excluding carboxylic acids is 2. The van der Waals surface area contributed by atoms with Crippen molar-refractivity contribution in [1.29, 1.82) is 0 Å². The van der Waals surface area contributed by atoms with Crippen molar-refractivity contribution in [2.75, 3.05) is 20.2 Å². The Morgan fingerprint density at radius 1 is 0.846 bits per heavy atom. The molecule has 0 heterocycles. The first-order valence-corrected chi connectivity index (χ1v) is 8.47. The maximum Gasteiger partial charge on any atom is 0.229 e. The molecule has 0 aliphatic rings. The van der Waals surface area contributed by atoms with Gasteiger partial charge in [0.2, 0.25) is 11.8 Å². The second-order valence-corrected chi connectivity index (χ2v) is 5.85. The lowest BCUT2D eigenvalue weighted by atomic mass is 10.1. The van der Waals surface area contributed by atoms with E-state index in [2.05, 4.69) is 10.6 Å². The van der Waals surface area contributed by atoms with Crippen LogP contribution in [0.4, 0.5) is 4.39 Å². The number of amides is 2. The molecule has 0 radical (unpaired) electrons. The topological polar surface area (TPSA) is 67.4 Å². The summed E-state index contributed by atoms with van der Waals surface area (Å²) in [5.41, 5.74) is 2.01. The van der Waals surface area contributed by atoms with E-state index < -0.39 is 0 Å². The van der Waals surface area contributed by atoms with Crippen LogP contribution in [0.2, 0.25) is 0 Å². The monoisotopic (exact) mass is 358 g/mol. The third-order valence-electron chi connectivity index (χ3n) is 3.87. The predicted molar refractivity (Wildman–Crippen MR) is 97.4 cm³/mol. The Kier molecular flexibility index (Phi) is 7.61. The van der Waals surface area contributed by atoms with Crippen LogP contribution < -0.4 is 15.4 Å². The van der Waals surface area contributed by atoms with Crippen LogP contribution >= 0.6 is 0 Å². The van der Waals surface area contributed by atoms with E-state index in [1.165, 1.54) is 12.1 Å². The Hall–Kier alpha value is -2.89. The van der Waals surface area contributed by atoms with Crippen molar-refractivity contribution >= 4 is 11.8 Å². The van der Waals surface area contributed by atoms with E-state index in [1.807, 2.05) is 24.3 Å². The van der Waals surface area contributed by atoms with Crippen molar-refractivity contribution in [3.8, 4) is 5.75 Å². The Morgan fingerprint density at radius 3 is 1.77 bits per heavy atom. The first-order chi connectivity index (χ1) is 12.6.